The molecule has 1 aliphatic heterocycles. The number of benzene rings is 1. The van der Waals surface area contributed by atoms with Crippen LogP contribution < -0.4 is 10.2 Å². The first-order chi connectivity index (χ1) is 12.0. The molecule has 0 aliphatic carbocycles. The number of anilines is 2. The summed E-state index contributed by atoms with van der Waals surface area (Å²) in [6.45, 7) is 7.60. The van der Waals surface area contributed by atoms with Gasteiger partial charge in [0.1, 0.15) is 0 Å². The van der Waals surface area contributed by atoms with Gasteiger partial charge in [0.15, 0.2) is 0 Å². The van der Waals surface area contributed by atoms with Crippen LogP contribution in [0.4, 0.5) is 11.6 Å². The second-order valence-electron chi connectivity index (χ2n) is 6.27. The molecule has 6 nitrogen and oxygen atoms in total. The first-order valence-electron chi connectivity index (χ1n) is 8.34. The Morgan fingerprint density at radius 3 is 2.28 bits per heavy atom. The first kappa shape index (κ1) is 17.6. The molecule has 1 N–H and O–H groups in total. The van der Waals surface area contributed by atoms with Crippen molar-refractivity contribution in [3.63, 3.8) is 0 Å². The van der Waals surface area contributed by atoms with E-state index in [-0.39, 0.29) is 5.91 Å². The molecule has 1 aliphatic rings. The van der Waals surface area contributed by atoms with Gasteiger partial charge in [-0.3, -0.25) is 9.69 Å². The number of piperazine rings is 1. The van der Waals surface area contributed by atoms with Crippen LogP contribution >= 0.6 is 11.6 Å². The third-order valence-corrected chi connectivity index (χ3v) is 4.37. The minimum atomic E-state index is -0.0153. The fourth-order valence-electron chi connectivity index (χ4n) is 2.89. The highest BCUT2D eigenvalue weighted by molar-refractivity contribution is 6.30. The highest BCUT2D eigenvalue weighted by Gasteiger charge is 2.21. The topological polar surface area (TPSA) is 61.4 Å². The number of aryl methyl sites for hydroxylation is 2. The zero-order valence-electron chi connectivity index (χ0n) is 14.5. The molecule has 0 atom stereocenters. The van der Waals surface area contributed by atoms with Gasteiger partial charge < -0.3 is 10.2 Å². The number of aromatic nitrogens is 2. The maximum Gasteiger partial charge on any atom is 0.238 e. The molecule has 132 valence electrons. The molecule has 1 fully saturated rings. The average Bonchev–Trinajstić information content (AvgIpc) is 2.57. The molecule has 2 heterocycles. The van der Waals surface area contributed by atoms with Crippen molar-refractivity contribution in [2.45, 2.75) is 13.8 Å². The number of halogens is 1. The second-order valence-corrected chi connectivity index (χ2v) is 6.71. The standard InChI is InChI=1S/C18H22ClN5O/c1-13-11-14(2)21-18(20-13)24-9-7-23(8-10-24)12-17(25)22-16-5-3-15(19)4-6-16/h3-6,11H,7-10,12H2,1-2H3,(H,22,25). The Balaban J connectivity index is 1.50. The number of hydrogen-bond acceptors (Lipinski definition) is 5. The summed E-state index contributed by atoms with van der Waals surface area (Å²) >= 11 is 5.85. The molecule has 0 spiro atoms. The summed E-state index contributed by atoms with van der Waals surface area (Å²) in [5, 5.41) is 3.55. The molecule has 3 rings (SSSR count). The van der Waals surface area contributed by atoms with E-state index in [4.69, 9.17) is 11.6 Å². The SMILES string of the molecule is Cc1cc(C)nc(N2CCN(CC(=O)Nc3ccc(Cl)cc3)CC2)n1. The Morgan fingerprint density at radius 2 is 1.68 bits per heavy atom. The summed E-state index contributed by atoms with van der Waals surface area (Å²) in [5.41, 5.74) is 2.72. The number of rotatable bonds is 4. The zero-order chi connectivity index (χ0) is 17.8. The van der Waals surface area contributed by atoms with Crippen molar-refractivity contribution in [3.8, 4) is 0 Å². The lowest BCUT2D eigenvalue weighted by Gasteiger charge is -2.34. The van der Waals surface area contributed by atoms with E-state index in [9.17, 15) is 4.79 Å². The molecule has 25 heavy (non-hydrogen) atoms. The van der Waals surface area contributed by atoms with Crippen LogP contribution in [0.2, 0.25) is 5.02 Å². The van der Waals surface area contributed by atoms with Crippen LogP contribution in [-0.2, 0) is 4.79 Å². The molecule has 1 aromatic carbocycles. The van der Waals surface area contributed by atoms with E-state index in [1.807, 2.05) is 19.9 Å². The molecule has 0 radical (unpaired) electrons. The largest absolute Gasteiger partial charge is 0.338 e. The Kier molecular flexibility index (Phi) is 5.50. The highest BCUT2D eigenvalue weighted by atomic mass is 35.5. The maximum atomic E-state index is 12.2. The Morgan fingerprint density at radius 1 is 1.08 bits per heavy atom. The predicted octanol–water partition coefficient (Wildman–Crippen LogP) is 2.51. The van der Waals surface area contributed by atoms with E-state index in [0.29, 0.717) is 11.6 Å². The van der Waals surface area contributed by atoms with Gasteiger partial charge in [-0.05, 0) is 44.2 Å². The van der Waals surface area contributed by atoms with Crippen molar-refractivity contribution in [1.82, 2.24) is 14.9 Å². The van der Waals surface area contributed by atoms with Gasteiger partial charge in [-0.15, -0.1) is 0 Å². The summed E-state index contributed by atoms with van der Waals surface area (Å²) in [6.07, 6.45) is 0. The van der Waals surface area contributed by atoms with E-state index in [1.165, 1.54) is 0 Å². The molecule has 0 unspecified atom stereocenters. The fraction of sp³-hybridized carbons (Fsp3) is 0.389. The number of nitrogens with zero attached hydrogens (tertiary/aromatic N) is 4. The maximum absolute atomic E-state index is 12.2. The first-order valence-corrected chi connectivity index (χ1v) is 8.72. The molecule has 0 saturated carbocycles. The van der Waals surface area contributed by atoms with Gasteiger partial charge in [0.2, 0.25) is 11.9 Å². The molecule has 1 aromatic heterocycles. The fourth-order valence-corrected chi connectivity index (χ4v) is 3.02. The van der Waals surface area contributed by atoms with Crippen molar-refractivity contribution in [1.29, 1.82) is 0 Å². The van der Waals surface area contributed by atoms with Crippen molar-refractivity contribution < 1.29 is 4.79 Å². The van der Waals surface area contributed by atoms with Crippen LogP contribution in [0.5, 0.6) is 0 Å². The van der Waals surface area contributed by atoms with Crippen molar-refractivity contribution >= 4 is 29.1 Å². The Bertz CT molecular complexity index is 721. The molecule has 1 saturated heterocycles. The summed E-state index contributed by atoms with van der Waals surface area (Å²) in [7, 11) is 0. The number of hydrogen-bond donors (Lipinski definition) is 1. The lowest BCUT2D eigenvalue weighted by molar-refractivity contribution is -0.117. The quantitative estimate of drug-likeness (QED) is 0.908. The molecular weight excluding hydrogens is 338 g/mol. The van der Waals surface area contributed by atoms with Crippen LogP contribution in [0.1, 0.15) is 11.4 Å². The van der Waals surface area contributed by atoms with Crippen LogP contribution in [0.15, 0.2) is 30.3 Å². The van der Waals surface area contributed by atoms with Crippen molar-refractivity contribution in [2.75, 3.05) is 42.9 Å². The molecule has 1 amide bonds. The minimum absolute atomic E-state index is 0.0153. The smallest absolute Gasteiger partial charge is 0.238 e. The van der Waals surface area contributed by atoms with E-state index < -0.39 is 0 Å². The molecular formula is C18H22ClN5O. The summed E-state index contributed by atoms with van der Waals surface area (Å²) in [5.74, 6) is 0.765. The minimum Gasteiger partial charge on any atom is -0.338 e. The molecule has 7 heteroatoms. The monoisotopic (exact) mass is 359 g/mol. The van der Waals surface area contributed by atoms with Gasteiger partial charge in [0.25, 0.3) is 0 Å². The van der Waals surface area contributed by atoms with E-state index >= 15 is 0 Å². The van der Waals surface area contributed by atoms with E-state index in [1.54, 1.807) is 24.3 Å². The van der Waals surface area contributed by atoms with Gasteiger partial charge in [-0.1, -0.05) is 11.6 Å². The number of carbonyl (C=O) groups is 1. The lowest BCUT2D eigenvalue weighted by Crippen LogP contribution is -2.49. The van der Waals surface area contributed by atoms with Gasteiger partial charge in [0.05, 0.1) is 6.54 Å². The zero-order valence-corrected chi connectivity index (χ0v) is 15.3. The van der Waals surface area contributed by atoms with Crippen molar-refractivity contribution in [3.05, 3.63) is 46.7 Å². The van der Waals surface area contributed by atoms with Gasteiger partial charge in [-0.25, -0.2) is 9.97 Å². The van der Waals surface area contributed by atoms with Crippen LogP contribution in [0, 0.1) is 13.8 Å². The third-order valence-electron chi connectivity index (χ3n) is 4.12. The molecule has 2 aromatic rings. The Labute approximate surface area is 152 Å². The Hall–Kier alpha value is -2.18. The van der Waals surface area contributed by atoms with E-state index in [2.05, 4.69) is 25.1 Å². The van der Waals surface area contributed by atoms with Crippen LogP contribution in [-0.4, -0.2) is 53.5 Å². The van der Waals surface area contributed by atoms with Crippen LogP contribution in [0.3, 0.4) is 0 Å². The normalized spacial score (nSPS) is 15.2. The summed E-state index contributed by atoms with van der Waals surface area (Å²) in [6, 6.07) is 9.10. The lowest BCUT2D eigenvalue weighted by atomic mass is 10.3. The summed E-state index contributed by atoms with van der Waals surface area (Å²) < 4.78 is 0. The van der Waals surface area contributed by atoms with Gasteiger partial charge in [0, 0.05) is 48.3 Å². The van der Waals surface area contributed by atoms with Crippen LogP contribution in [0.25, 0.3) is 0 Å². The summed E-state index contributed by atoms with van der Waals surface area (Å²) in [4.78, 5) is 25.5. The van der Waals surface area contributed by atoms with E-state index in [0.717, 1.165) is 49.2 Å². The number of amides is 1. The average molecular weight is 360 g/mol. The van der Waals surface area contributed by atoms with Crippen molar-refractivity contribution in [2.24, 2.45) is 0 Å². The highest BCUT2D eigenvalue weighted by Crippen LogP contribution is 2.15. The second kappa shape index (κ2) is 7.80. The van der Waals surface area contributed by atoms with Gasteiger partial charge in [-0.2, -0.15) is 0 Å². The molecule has 0 bridgehead atoms. The van der Waals surface area contributed by atoms with Gasteiger partial charge >= 0.3 is 0 Å². The number of carbonyl (C=O) groups excluding carboxylic acids is 1. The predicted molar refractivity (Wildman–Crippen MR) is 100 cm³/mol. The number of nitrogens with one attached hydrogen (secondary N) is 1. The third kappa shape index (κ3) is 4.90.